The molecule has 26 heavy (non-hydrogen) atoms. The number of amides is 1. The van der Waals surface area contributed by atoms with Crippen molar-refractivity contribution >= 4 is 22.4 Å². The van der Waals surface area contributed by atoms with Crippen molar-refractivity contribution in [3.63, 3.8) is 0 Å². The number of anilines is 1. The van der Waals surface area contributed by atoms with Crippen molar-refractivity contribution in [1.29, 1.82) is 0 Å². The highest BCUT2D eigenvalue weighted by molar-refractivity contribution is 6.11. The van der Waals surface area contributed by atoms with E-state index in [0.29, 0.717) is 19.0 Å². The van der Waals surface area contributed by atoms with E-state index < -0.39 is 29.0 Å². The molecule has 0 atom stereocenters. The van der Waals surface area contributed by atoms with Crippen molar-refractivity contribution in [3.05, 3.63) is 69.9 Å². The molecular weight excluding hydrogens is 347 g/mol. The quantitative estimate of drug-likeness (QED) is 0.724. The van der Waals surface area contributed by atoms with Crippen LogP contribution in [0.5, 0.6) is 0 Å². The van der Waals surface area contributed by atoms with Gasteiger partial charge in [0.15, 0.2) is 23.1 Å². The molecule has 134 valence electrons. The van der Waals surface area contributed by atoms with E-state index in [1.54, 1.807) is 18.2 Å². The molecule has 0 aliphatic carbocycles. The van der Waals surface area contributed by atoms with Crippen molar-refractivity contribution in [2.24, 2.45) is 0 Å². The third kappa shape index (κ3) is 3.05. The number of nitrogens with one attached hydrogen (secondary N) is 1. The third-order valence-electron chi connectivity index (χ3n) is 3.80. The zero-order valence-electron chi connectivity index (χ0n) is 13.7. The zero-order chi connectivity index (χ0) is 18.8. The van der Waals surface area contributed by atoms with Crippen LogP contribution in [-0.2, 0) is 6.54 Å². The van der Waals surface area contributed by atoms with Gasteiger partial charge in [-0.05, 0) is 24.6 Å². The molecule has 0 spiro atoms. The van der Waals surface area contributed by atoms with Gasteiger partial charge in [0.05, 0.1) is 11.1 Å². The number of nitrogens with zero attached hydrogens (tertiary/aromatic N) is 2. The summed E-state index contributed by atoms with van der Waals surface area (Å²) in [6, 6.07) is 7.99. The largest absolute Gasteiger partial charge is 0.318 e. The van der Waals surface area contributed by atoms with Crippen molar-refractivity contribution in [1.82, 2.24) is 9.78 Å². The number of benzene rings is 2. The molecule has 1 heterocycles. The summed E-state index contributed by atoms with van der Waals surface area (Å²) >= 11 is 0. The molecule has 0 radical (unpaired) electrons. The summed E-state index contributed by atoms with van der Waals surface area (Å²) in [6.07, 6.45) is 0.615. The second kappa shape index (κ2) is 6.99. The standard InChI is InChI=1S/C18H14F3N3O2/c1-2-9-24-18(26)11-6-4-3-5-10(11)16(23-24)17(25)22-13-8-7-12(19)14(20)15(13)21/h3-8H,2,9H2,1H3,(H,22,25). The maximum atomic E-state index is 13.8. The van der Waals surface area contributed by atoms with Crippen LogP contribution in [0.4, 0.5) is 18.9 Å². The van der Waals surface area contributed by atoms with Crippen molar-refractivity contribution in [2.45, 2.75) is 19.9 Å². The molecule has 8 heteroatoms. The molecule has 3 aromatic rings. The number of aryl methyl sites for hydroxylation is 1. The summed E-state index contributed by atoms with van der Waals surface area (Å²) < 4.78 is 41.3. The average Bonchev–Trinajstić information content (AvgIpc) is 2.64. The van der Waals surface area contributed by atoms with Crippen LogP contribution in [-0.4, -0.2) is 15.7 Å². The van der Waals surface area contributed by atoms with E-state index in [-0.39, 0.29) is 22.0 Å². The number of fused-ring (bicyclic) bond motifs is 1. The SMILES string of the molecule is CCCn1nc(C(=O)Nc2ccc(F)c(F)c2F)c2ccccc2c1=O. The Kier molecular flexibility index (Phi) is 4.75. The Morgan fingerprint density at radius 1 is 1.08 bits per heavy atom. The van der Waals surface area contributed by atoms with Gasteiger partial charge in [-0.1, -0.05) is 25.1 Å². The third-order valence-corrected chi connectivity index (χ3v) is 3.80. The van der Waals surface area contributed by atoms with Gasteiger partial charge in [-0.2, -0.15) is 5.10 Å². The van der Waals surface area contributed by atoms with E-state index >= 15 is 0 Å². The Morgan fingerprint density at radius 2 is 1.77 bits per heavy atom. The van der Waals surface area contributed by atoms with Gasteiger partial charge in [0.1, 0.15) is 0 Å². The van der Waals surface area contributed by atoms with Crippen LogP contribution in [0, 0.1) is 17.5 Å². The molecule has 0 aliphatic rings. The predicted octanol–water partition coefficient (Wildman–Crippen LogP) is 3.48. The fourth-order valence-electron chi connectivity index (χ4n) is 2.57. The first kappa shape index (κ1) is 17.7. The van der Waals surface area contributed by atoms with Crippen LogP contribution < -0.4 is 10.9 Å². The highest BCUT2D eigenvalue weighted by Crippen LogP contribution is 2.21. The van der Waals surface area contributed by atoms with Gasteiger partial charge in [0.25, 0.3) is 11.5 Å². The van der Waals surface area contributed by atoms with E-state index in [9.17, 15) is 22.8 Å². The van der Waals surface area contributed by atoms with Gasteiger partial charge in [-0.3, -0.25) is 9.59 Å². The first-order chi connectivity index (χ1) is 12.4. The van der Waals surface area contributed by atoms with E-state index in [2.05, 4.69) is 10.4 Å². The second-order valence-electron chi connectivity index (χ2n) is 5.60. The van der Waals surface area contributed by atoms with Crippen molar-refractivity contribution in [2.75, 3.05) is 5.32 Å². The normalized spacial score (nSPS) is 10.9. The number of carbonyl (C=O) groups excluding carboxylic acids is 1. The lowest BCUT2D eigenvalue weighted by atomic mass is 10.1. The number of carbonyl (C=O) groups is 1. The summed E-state index contributed by atoms with van der Waals surface area (Å²) in [5.74, 6) is -5.39. The lowest BCUT2D eigenvalue weighted by molar-refractivity contribution is 0.102. The predicted molar refractivity (Wildman–Crippen MR) is 90.6 cm³/mol. The first-order valence-corrected chi connectivity index (χ1v) is 7.88. The fraction of sp³-hybridized carbons (Fsp3) is 0.167. The van der Waals surface area contributed by atoms with Crippen LogP contribution in [0.3, 0.4) is 0 Å². The van der Waals surface area contributed by atoms with Crippen molar-refractivity contribution < 1.29 is 18.0 Å². The van der Waals surface area contributed by atoms with Crippen LogP contribution >= 0.6 is 0 Å². The van der Waals surface area contributed by atoms with E-state index in [0.717, 1.165) is 10.7 Å². The average molecular weight is 361 g/mol. The molecule has 0 fully saturated rings. The number of hydrogen-bond donors (Lipinski definition) is 1. The Bertz CT molecular complexity index is 1060. The van der Waals surface area contributed by atoms with E-state index in [1.807, 2.05) is 6.92 Å². The van der Waals surface area contributed by atoms with Gasteiger partial charge in [0, 0.05) is 11.9 Å². The maximum Gasteiger partial charge on any atom is 0.276 e. The summed E-state index contributed by atoms with van der Waals surface area (Å²) in [6.45, 7) is 2.14. The topological polar surface area (TPSA) is 64.0 Å². The molecule has 0 bridgehead atoms. The Morgan fingerprint density at radius 3 is 2.46 bits per heavy atom. The zero-order valence-corrected chi connectivity index (χ0v) is 13.7. The van der Waals surface area contributed by atoms with E-state index in [1.165, 1.54) is 6.07 Å². The monoisotopic (exact) mass is 361 g/mol. The summed E-state index contributed by atoms with van der Waals surface area (Å²) in [5.41, 5.74) is -0.983. The van der Waals surface area contributed by atoms with Crippen LogP contribution in [0.15, 0.2) is 41.2 Å². The van der Waals surface area contributed by atoms with Gasteiger partial charge in [-0.25, -0.2) is 17.9 Å². The van der Waals surface area contributed by atoms with Crippen LogP contribution in [0.25, 0.3) is 10.8 Å². The second-order valence-corrected chi connectivity index (χ2v) is 5.60. The molecule has 3 rings (SSSR count). The first-order valence-electron chi connectivity index (χ1n) is 7.88. The Balaban J connectivity index is 2.10. The summed E-state index contributed by atoms with van der Waals surface area (Å²) in [5, 5.41) is 6.80. The molecule has 0 unspecified atom stereocenters. The minimum Gasteiger partial charge on any atom is -0.318 e. The summed E-state index contributed by atoms with van der Waals surface area (Å²) in [7, 11) is 0. The Hall–Kier alpha value is -3.16. The van der Waals surface area contributed by atoms with Crippen LogP contribution in [0.1, 0.15) is 23.8 Å². The Labute approximate surface area is 146 Å². The van der Waals surface area contributed by atoms with Gasteiger partial charge >= 0.3 is 0 Å². The molecule has 1 aromatic heterocycles. The molecular formula is C18H14F3N3O2. The smallest absolute Gasteiger partial charge is 0.276 e. The number of rotatable bonds is 4. The number of hydrogen-bond acceptors (Lipinski definition) is 3. The summed E-state index contributed by atoms with van der Waals surface area (Å²) in [4.78, 5) is 25.0. The molecule has 0 aliphatic heterocycles. The maximum absolute atomic E-state index is 13.8. The highest BCUT2D eigenvalue weighted by atomic mass is 19.2. The molecule has 1 N–H and O–H groups in total. The van der Waals surface area contributed by atoms with Crippen LogP contribution in [0.2, 0.25) is 0 Å². The van der Waals surface area contributed by atoms with Gasteiger partial charge < -0.3 is 5.32 Å². The highest BCUT2D eigenvalue weighted by Gasteiger charge is 2.20. The minimum atomic E-state index is -1.68. The molecule has 2 aromatic carbocycles. The van der Waals surface area contributed by atoms with Crippen molar-refractivity contribution in [3.8, 4) is 0 Å². The fourth-order valence-corrected chi connectivity index (χ4v) is 2.57. The molecule has 5 nitrogen and oxygen atoms in total. The van der Waals surface area contributed by atoms with Gasteiger partial charge in [-0.15, -0.1) is 0 Å². The molecule has 0 saturated carbocycles. The lowest BCUT2D eigenvalue weighted by Crippen LogP contribution is -2.27. The van der Waals surface area contributed by atoms with Gasteiger partial charge in [0.2, 0.25) is 0 Å². The van der Waals surface area contributed by atoms with E-state index in [4.69, 9.17) is 0 Å². The lowest BCUT2D eigenvalue weighted by Gasteiger charge is -2.11. The number of halogens is 3. The number of aromatic nitrogens is 2. The molecule has 1 amide bonds. The molecule has 0 saturated heterocycles. The minimum absolute atomic E-state index is 0.113.